The number of pyridine rings is 1. The Balaban J connectivity index is 1.59. The van der Waals surface area contributed by atoms with Crippen LogP contribution in [0, 0.1) is 5.92 Å². The number of hydrogen-bond acceptors (Lipinski definition) is 5. The summed E-state index contributed by atoms with van der Waals surface area (Å²) >= 11 is 6.19. The van der Waals surface area contributed by atoms with Crippen LogP contribution in [0.4, 0.5) is 0 Å². The van der Waals surface area contributed by atoms with Crippen molar-refractivity contribution < 1.29 is 13.6 Å². The molecule has 0 saturated heterocycles. The molecule has 1 fully saturated rings. The number of aromatic nitrogens is 1. The van der Waals surface area contributed by atoms with Crippen molar-refractivity contribution in [1.29, 1.82) is 0 Å². The molecule has 1 aliphatic carbocycles. The van der Waals surface area contributed by atoms with Gasteiger partial charge in [0.15, 0.2) is 0 Å². The molecule has 29 heavy (non-hydrogen) atoms. The van der Waals surface area contributed by atoms with Crippen LogP contribution in [0.1, 0.15) is 47.2 Å². The number of allylic oxidation sites excluding steroid dienone is 1. The quantitative estimate of drug-likeness (QED) is 0.548. The minimum absolute atomic E-state index is 0.0514. The third-order valence-corrected chi connectivity index (χ3v) is 5.69. The summed E-state index contributed by atoms with van der Waals surface area (Å²) in [4.78, 5) is 17.4. The van der Waals surface area contributed by atoms with Gasteiger partial charge in [-0.15, -0.1) is 0 Å². The standard InChI is InChI=1S/C22H18ClN3O3/c23-21-17(8-2-10-24-21)22(27)26-20(18-9-4-12-29-18)16-7-1-5-14(19(16)25-26)13-15-6-3-11-28-15/h2-4,6,8-13,16,20H,1,5,7H2/b14-13+. The summed E-state index contributed by atoms with van der Waals surface area (Å²) < 4.78 is 11.2. The first kappa shape index (κ1) is 17.9. The summed E-state index contributed by atoms with van der Waals surface area (Å²) in [5, 5.41) is 6.44. The topological polar surface area (TPSA) is 71.8 Å². The molecule has 1 saturated carbocycles. The highest BCUT2D eigenvalue weighted by Gasteiger charge is 2.45. The predicted molar refractivity (Wildman–Crippen MR) is 108 cm³/mol. The molecule has 5 rings (SSSR count). The van der Waals surface area contributed by atoms with Gasteiger partial charge in [-0.25, -0.2) is 9.99 Å². The Hall–Kier alpha value is -3.12. The van der Waals surface area contributed by atoms with Crippen molar-refractivity contribution in [2.75, 3.05) is 0 Å². The Morgan fingerprint density at radius 2 is 2.03 bits per heavy atom. The molecule has 2 unspecified atom stereocenters. The van der Waals surface area contributed by atoms with E-state index >= 15 is 0 Å². The third-order valence-electron chi connectivity index (χ3n) is 5.39. The Morgan fingerprint density at radius 1 is 1.17 bits per heavy atom. The molecule has 4 heterocycles. The van der Waals surface area contributed by atoms with E-state index in [0.29, 0.717) is 11.3 Å². The second-order valence-corrected chi connectivity index (χ2v) is 7.48. The van der Waals surface area contributed by atoms with Crippen LogP contribution in [0.25, 0.3) is 6.08 Å². The van der Waals surface area contributed by atoms with Gasteiger partial charge in [-0.05, 0) is 67.3 Å². The normalized spacial score (nSPS) is 22.6. The zero-order chi connectivity index (χ0) is 19.8. The highest BCUT2D eigenvalue weighted by atomic mass is 35.5. The fourth-order valence-electron chi connectivity index (χ4n) is 4.12. The molecule has 0 N–H and O–H groups in total. The molecule has 1 aliphatic heterocycles. The molecule has 2 aliphatic rings. The lowest BCUT2D eigenvalue weighted by Gasteiger charge is -2.27. The van der Waals surface area contributed by atoms with E-state index in [1.807, 2.05) is 30.3 Å². The van der Waals surface area contributed by atoms with Crippen LogP contribution in [-0.4, -0.2) is 21.6 Å². The molecule has 7 heteroatoms. The van der Waals surface area contributed by atoms with E-state index in [1.54, 1.807) is 30.9 Å². The van der Waals surface area contributed by atoms with Crippen LogP contribution < -0.4 is 0 Å². The van der Waals surface area contributed by atoms with Crippen LogP contribution in [0.2, 0.25) is 5.15 Å². The van der Waals surface area contributed by atoms with Crippen LogP contribution in [0.5, 0.6) is 0 Å². The third kappa shape index (κ3) is 3.19. The van der Waals surface area contributed by atoms with Crippen molar-refractivity contribution in [3.05, 3.63) is 82.9 Å². The number of hydrazone groups is 1. The zero-order valence-electron chi connectivity index (χ0n) is 15.5. The van der Waals surface area contributed by atoms with Crippen LogP contribution >= 0.6 is 11.6 Å². The monoisotopic (exact) mass is 407 g/mol. The minimum Gasteiger partial charge on any atom is -0.467 e. The second-order valence-electron chi connectivity index (χ2n) is 7.12. The summed E-state index contributed by atoms with van der Waals surface area (Å²) in [6, 6.07) is 10.5. The average molecular weight is 408 g/mol. The molecule has 2 atom stereocenters. The molecular weight excluding hydrogens is 390 g/mol. The van der Waals surface area contributed by atoms with Crippen molar-refractivity contribution in [3.8, 4) is 0 Å². The van der Waals surface area contributed by atoms with Gasteiger partial charge in [-0.3, -0.25) is 4.79 Å². The zero-order valence-corrected chi connectivity index (χ0v) is 16.2. The summed E-state index contributed by atoms with van der Waals surface area (Å²) in [6.45, 7) is 0. The number of carbonyl (C=O) groups excluding carboxylic acids is 1. The van der Waals surface area contributed by atoms with Crippen molar-refractivity contribution in [2.24, 2.45) is 11.0 Å². The van der Waals surface area contributed by atoms with E-state index < -0.39 is 0 Å². The fraction of sp³-hybridized carbons (Fsp3) is 0.227. The maximum absolute atomic E-state index is 13.4. The highest BCUT2D eigenvalue weighted by molar-refractivity contribution is 6.32. The maximum atomic E-state index is 13.4. The number of hydrogen-bond donors (Lipinski definition) is 0. The SMILES string of the molecule is O=C(c1cccnc1Cl)N1N=C2/C(=C/c3ccco3)CCCC2C1c1ccco1. The predicted octanol–water partition coefficient (Wildman–Crippen LogP) is 5.36. The van der Waals surface area contributed by atoms with Crippen molar-refractivity contribution in [2.45, 2.75) is 25.3 Å². The lowest BCUT2D eigenvalue weighted by Crippen LogP contribution is -2.31. The average Bonchev–Trinajstić information content (AvgIpc) is 3.48. The van der Waals surface area contributed by atoms with Gasteiger partial charge in [-0.2, -0.15) is 5.10 Å². The van der Waals surface area contributed by atoms with E-state index in [4.69, 9.17) is 25.5 Å². The first-order valence-electron chi connectivity index (χ1n) is 9.53. The minimum atomic E-state index is -0.316. The van der Waals surface area contributed by atoms with Gasteiger partial charge in [0.05, 0.1) is 23.8 Å². The molecule has 6 nitrogen and oxygen atoms in total. The number of furan rings is 2. The van der Waals surface area contributed by atoms with Crippen molar-refractivity contribution >= 4 is 29.3 Å². The first-order valence-corrected chi connectivity index (χ1v) is 9.90. The van der Waals surface area contributed by atoms with E-state index in [0.717, 1.165) is 36.3 Å². The largest absolute Gasteiger partial charge is 0.467 e. The molecule has 0 spiro atoms. The van der Waals surface area contributed by atoms with Gasteiger partial charge in [-0.1, -0.05) is 11.6 Å². The fourth-order valence-corrected chi connectivity index (χ4v) is 4.32. The lowest BCUT2D eigenvalue weighted by molar-refractivity contribution is 0.0656. The van der Waals surface area contributed by atoms with Crippen molar-refractivity contribution in [3.63, 3.8) is 0 Å². The van der Waals surface area contributed by atoms with Crippen LogP contribution in [0.3, 0.4) is 0 Å². The maximum Gasteiger partial charge on any atom is 0.277 e. The number of fused-ring (bicyclic) bond motifs is 1. The number of halogens is 1. The number of rotatable bonds is 3. The number of carbonyl (C=O) groups is 1. The van der Waals surface area contributed by atoms with Gasteiger partial charge in [0.1, 0.15) is 22.7 Å². The van der Waals surface area contributed by atoms with E-state index in [-0.39, 0.29) is 23.0 Å². The molecule has 0 radical (unpaired) electrons. The highest BCUT2D eigenvalue weighted by Crippen LogP contribution is 2.45. The van der Waals surface area contributed by atoms with Crippen LogP contribution in [0.15, 0.2) is 74.6 Å². The summed E-state index contributed by atoms with van der Waals surface area (Å²) in [7, 11) is 0. The van der Waals surface area contributed by atoms with E-state index in [1.165, 1.54) is 5.01 Å². The van der Waals surface area contributed by atoms with E-state index in [9.17, 15) is 4.79 Å². The van der Waals surface area contributed by atoms with Crippen molar-refractivity contribution in [1.82, 2.24) is 9.99 Å². The number of amides is 1. The van der Waals surface area contributed by atoms with Gasteiger partial charge in [0.2, 0.25) is 0 Å². The summed E-state index contributed by atoms with van der Waals surface area (Å²) in [6.07, 6.45) is 9.65. The lowest BCUT2D eigenvalue weighted by atomic mass is 9.79. The molecule has 3 aromatic heterocycles. The molecule has 0 bridgehead atoms. The van der Waals surface area contributed by atoms with Gasteiger partial charge in [0, 0.05) is 12.1 Å². The van der Waals surface area contributed by atoms with E-state index in [2.05, 4.69) is 4.98 Å². The molecule has 146 valence electrons. The first-order chi connectivity index (χ1) is 14.2. The second kappa shape index (κ2) is 7.37. The number of nitrogens with zero attached hydrogens (tertiary/aromatic N) is 3. The Kier molecular flexibility index (Phi) is 4.56. The van der Waals surface area contributed by atoms with Gasteiger partial charge < -0.3 is 8.83 Å². The molecule has 3 aromatic rings. The Bertz CT molecular complexity index is 1090. The summed E-state index contributed by atoms with van der Waals surface area (Å²) in [5.74, 6) is 1.25. The van der Waals surface area contributed by atoms with Crippen LogP contribution in [-0.2, 0) is 0 Å². The Morgan fingerprint density at radius 3 is 2.79 bits per heavy atom. The summed E-state index contributed by atoms with van der Waals surface area (Å²) in [5.41, 5.74) is 2.31. The van der Waals surface area contributed by atoms with Gasteiger partial charge in [0.25, 0.3) is 5.91 Å². The molecule has 0 aromatic carbocycles. The molecule has 1 amide bonds. The smallest absolute Gasteiger partial charge is 0.277 e. The molecular formula is C22H18ClN3O3. The van der Waals surface area contributed by atoms with Gasteiger partial charge >= 0.3 is 0 Å². The Labute approximate surface area is 172 Å².